The molecule has 1 saturated carbocycles. The summed E-state index contributed by atoms with van der Waals surface area (Å²) in [6.45, 7) is 10.7. The van der Waals surface area contributed by atoms with Crippen LogP contribution in [0.1, 0.15) is 51.4 Å². The van der Waals surface area contributed by atoms with Crippen LogP contribution in [0.4, 0.5) is 0 Å². The Morgan fingerprint density at radius 3 is 2.79 bits per heavy atom. The van der Waals surface area contributed by atoms with E-state index in [1.807, 2.05) is 23.6 Å². The predicted octanol–water partition coefficient (Wildman–Crippen LogP) is 4.98. The first-order valence-corrected chi connectivity index (χ1v) is 11.1. The Bertz CT molecular complexity index is 818. The minimum absolute atomic E-state index is 0.0354. The Balaban J connectivity index is 1.65. The van der Waals surface area contributed by atoms with Gasteiger partial charge < -0.3 is 4.74 Å². The molecule has 1 aromatic carbocycles. The Labute approximate surface area is 172 Å². The number of hydrogen-bond donors (Lipinski definition) is 0. The highest BCUT2D eigenvalue weighted by atomic mass is 32.2. The van der Waals surface area contributed by atoms with Crippen LogP contribution < -0.4 is 0 Å². The molecule has 6 heteroatoms. The van der Waals surface area contributed by atoms with E-state index in [4.69, 9.17) is 4.74 Å². The van der Waals surface area contributed by atoms with Gasteiger partial charge in [-0.15, -0.1) is 10.2 Å². The summed E-state index contributed by atoms with van der Waals surface area (Å²) in [6.07, 6.45) is 3.38. The van der Waals surface area contributed by atoms with Gasteiger partial charge in [0.2, 0.25) is 0 Å². The number of nitrogens with zero attached hydrogens (tertiary/aromatic N) is 3. The van der Waals surface area contributed by atoms with Crippen molar-refractivity contribution in [3.8, 4) is 5.69 Å². The number of rotatable bonds is 6. The molecule has 28 heavy (non-hydrogen) atoms. The second-order valence-electron chi connectivity index (χ2n) is 8.35. The molecular formula is C22H31N3O2S. The van der Waals surface area contributed by atoms with Gasteiger partial charge >= 0.3 is 5.97 Å². The number of thioether (sulfide) groups is 1. The van der Waals surface area contributed by atoms with E-state index in [0.717, 1.165) is 29.5 Å². The molecule has 5 nitrogen and oxygen atoms in total. The molecule has 1 heterocycles. The largest absolute Gasteiger partial charge is 0.461 e. The Kier molecular flexibility index (Phi) is 6.81. The first kappa shape index (κ1) is 20.9. The normalized spacial score (nSPS) is 22.4. The standard InChI is InChI=1S/C22H31N3O2S/c1-14(2)19-10-9-16(4)12-20(19)27-21(26)13-28-22-24-23-17(5)25(22)18-8-6-7-15(3)11-18/h6-8,11,14,16,19-20H,9-10,12-13H2,1-5H3/t16-,19+,20-/m1/s1. The number of ether oxygens (including phenoxy) is 1. The Morgan fingerprint density at radius 1 is 1.29 bits per heavy atom. The van der Waals surface area contributed by atoms with Crippen LogP contribution in [0.3, 0.4) is 0 Å². The number of esters is 1. The van der Waals surface area contributed by atoms with E-state index in [1.165, 1.54) is 23.7 Å². The second kappa shape index (κ2) is 9.12. The van der Waals surface area contributed by atoms with Crippen LogP contribution in [-0.2, 0) is 9.53 Å². The lowest BCUT2D eigenvalue weighted by Crippen LogP contribution is -2.36. The molecule has 3 atom stereocenters. The highest BCUT2D eigenvalue weighted by Crippen LogP contribution is 2.35. The maximum atomic E-state index is 12.6. The van der Waals surface area contributed by atoms with Gasteiger partial charge in [0, 0.05) is 5.69 Å². The molecule has 1 aromatic heterocycles. The van der Waals surface area contributed by atoms with Crippen LogP contribution in [0, 0.1) is 31.6 Å². The summed E-state index contributed by atoms with van der Waals surface area (Å²) in [5.74, 6) is 2.51. The van der Waals surface area contributed by atoms with Gasteiger partial charge in [0.15, 0.2) is 5.16 Å². The van der Waals surface area contributed by atoms with E-state index in [-0.39, 0.29) is 17.8 Å². The zero-order valence-corrected chi connectivity index (χ0v) is 18.3. The van der Waals surface area contributed by atoms with Gasteiger partial charge in [-0.1, -0.05) is 51.1 Å². The second-order valence-corrected chi connectivity index (χ2v) is 9.29. The molecule has 0 amide bonds. The molecule has 2 aromatic rings. The fourth-order valence-electron chi connectivity index (χ4n) is 4.08. The van der Waals surface area contributed by atoms with Gasteiger partial charge in [-0.3, -0.25) is 9.36 Å². The molecular weight excluding hydrogens is 370 g/mol. The van der Waals surface area contributed by atoms with Gasteiger partial charge in [0.05, 0.1) is 5.75 Å². The molecule has 1 aliphatic carbocycles. The summed E-state index contributed by atoms with van der Waals surface area (Å²) >= 11 is 1.39. The molecule has 1 fully saturated rings. The quantitative estimate of drug-likeness (QED) is 0.505. The molecule has 0 bridgehead atoms. The Hall–Kier alpha value is -1.82. The minimum Gasteiger partial charge on any atom is -0.461 e. The van der Waals surface area contributed by atoms with Crippen molar-refractivity contribution in [3.05, 3.63) is 35.7 Å². The van der Waals surface area contributed by atoms with Gasteiger partial charge in [0.1, 0.15) is 11.9 Å². The third kappa shape index (κ3) is 4.96. The predicted molar refractivity (Wildman–Crippen MR) is 113 cm³/mol. The summed E-state index contributed by atoms with van der Waals surface area (Å²) in [4.78, 5) is 12.6. The lowest BCUT2D eigenvalue weighted by molar-refractivity contribution is -0.152. The van der Waals surface area contributed by atoms with E-state index in [2.05, 4.69) is 50.0 Å². The van der Waals surface area contributed by atoms with Crippen molar-refractivity contribution >= 4 is 17.7 Å². The lowest BCUT2D eigenvalue weighted by Gasteiger charge is -2.36. The number of aromatic nitrogens is 3. The fourth-order valence-corrected chi connectivity index (χ4v) is 4.86. The van der Waals surface area contributed by atoms with Crippen LogP contribution in [0.5, 0.6) is 0 Å². The number of carbonyl (C=O) groups is 1. The third-order valence-corrected chi connectivity index (χ3v) is 6.52. The maximum Gasteiger partial charge on any atom is 0.316 e. The number of carbonyl (C=O) groups excluding carboxylic acids is 1. The Morgan fingerprint density at radius 2 is 2.07 bits per heavy atom. The molecule has 0 radical (unpaired) electrons. The zero-order valence-electron chi connectivity index (χ0n) is 17.5. The summed E-state index contributed by atoms with van der Waals surface area (Å²) in [5, 5.41) is 9.19. The van der Waals surface area contributed by atoms with Crippen molar-refractivity contribution in [2.45, 2.75) is 65.1 Å². The van der Waals surface area contributed by atoms with Crippen LogP contribution in [0.15, 0.2) is 29.4 Å². The molecule has 0 unspecified atom stereocenters. The van der Waals surface area contributed by atoms with E-state index < -0.39 is 0 Å². The lowest BCUT2D eigenvalue weighted by atomic mass is 9.75. The minimum atomic E-state index is -0.161. The first-order chi connectivity index (χ1) is 13.3. The zero-order chi connectivity index (χ0) is 20.3. The highest BCUT2D eigenvalue weighted by molar-refractivity contribution is 7.99. The molecule has 0 N–H and O–H groups in total. The smallest absolute Gasteiger partial charge is 0.316 e. The van der Waals surface area contributed by atoms with Crippen molar-refractivity contribution in [1.82, 2.24) is 14.8 Å². The SMILES string of the molecule is Cc1cccc(-n2c(C)nnc2SCC(=O)O[C@@H]2C[C@H](C)CC[C@H]2C(C)C)c1. The third-order valence-electron chi connectivity index (χ3n) is 5.62. The van der Waals surface area contributed by atoms with Gasteiger partial charge in [0.25, 0.3) is 0 Å². The van der Waals surface area contributed by atoms with Crippen molar-refractivity contribution in [2.24, 2.45) is 17.8 Å². The average molecular weight is 402 g/mol. The van der Waals surface area contributed by atoms with Crippen LogP contribution >= 0.6 is 11.8 Å². The van der Waals surface area contributed by atoms with E-state index in [0.29, 0.717) is 17.8 Å². The number of hydrogen-bond acceptors (Lipinski definition) is 5. The van der Waals surface area contributed by atoms with Gasteiger partial charge in [-0.05, 0) is 62.1 Å². The summed E-state index contributed by atoms with van der Waals surface area (Å²) in [5.41, 5.74) is 2.19. The topological polar surface area (TPSA) is 57.0 Å². The molecule has 0 aliphatic heterocycles. The first-order valence-electron chi connectivity index (χ1n) is 10.2. The van der Waals surface area contributed by atoms with Crippen LogP contribution in [0.25, 0.3) is 5.69 Å². The van der Waals surface area contributed by atoms with Crippen molar-refractivity contribution in [1.29, 1.82) is 0 Å². The van der Waals surface area contributed by atoms with Crippen LogP contribution in [-0.4, -0.2) is 32.6 Å². The molecule has 3 rings (SSSR count). The van der Waals surface area contributed by atoms with Gasteiger partial charge in [-0.25, -0.2) is 0 Å². The summed E-state index contributed by atoms with van der Waals surface area (Å²) < 4.78 is 7.90. The summed E-state index contributed by atoms with van der Waals surface area (Å²) in [7, 11) is 0. The monoisotopic (exact) mass is 401 g/mol. The number of benzene rings is 1. The molecule has 0 saturated heterocycles. The van der Waals surface area contributed by atoms with Crippen molar-refractivity contribution in [2.75, 3.05) is 5.75 Å². The van der Waals surface area contributed by atoms with Crippen molar-refractivity contribution < 1.29 is 9.53 Å². The highest BCUT2D eigenvalue weighted by Gasteiger charge is 2.33. The molecule has 152 valence electrons. The summed E-state index contributed by atoms with van der Waals surface area (Å²) in [6, 6.07) is 8.20. The van der Waals surface area contributed by atoms with Crippen LogP contribution in [0.2, 0.25) is 0 Å². The average Bonchev–Trinajstić information content (AvgIpc) is 3.00. The van der Waals surface area contributed by atoms with Gasteiger partial charge in [-0.2, -0.15) is 0 Å². The molecule has 0 spiro atoms. The molecule has 1 aliphatic rings. The number of aryl methyl sites for hydroxylation is 2. The van der Waals surface area contributed by atoms with E-state index in [1.54, 1.807) is 0 Å². The fraction of sp³-hybridized carbons (Fsp3) is 0.591. The maximum absolute atomic E-state index is 12.6. The van der Waals surface area contributed by atoms with E-state index in [9.17, 15) is 4.79 Å². The van der Waals surface area contributed by atoms with Crippen molar-refractivity contribution in [3.63, 3.8) is 0 Å². The van der Waals surface area contributed by atoms with E-state index >= 15 is 0 Å².